The molecular weight excluding hydrogens is 389 g/mol. The van der Waals surface area contributed by atoms with Crippen LogP contribution in [-0.2, 0) is 4.79 Å². The molecular formula is C21H22FN5OS. The minimum Gasteiger partial charge on any atom is -0.340 e. The highest BCUT2D eigenvalue weighted by Crippen LogP contribution is 2.53. The van der Waals surface area contributed by atoms with Crippen LogP contribution in [0.15, 0.2) is 47.3 Å². The van der Waals surface area contributed by atoms with Gasteiger partial charge in [-0.1, -0.05) is 17.7 Å². The van der Waals surface area contributed by atoms with Crippen LogP contribution in [0.5, 0.6) is 0 Å². The van der Waals surface area contributed by atoms with Crippen molar-refractivity contribution in [2.45, 2.75) is 18.2 Å². The van der Waals surface area contributed by atoms with Crippen molar-refractivity contribution in [3.05, 3.63) is 58.6 Å². The summed E-state index contributed by atoms with van der Waals surface area (Å²) in [6.07, 6.45) is 10.9. The number of H-pyrrole nitrogens is 1. The van der Waals surface area contributed by atoms with Crippen LogP contribution in [0.4, 0.5) is 10.1 Å². The number of terminal acetylenes is 1. The third-order valence-corrected chi connectivity index (χ3v) is 6.62. The topological polar surface area (TPSA) is 73.0 Å². The van der Waals surface area contributed by atoms with Gasteiger partial charge in [-0.15, -0.1) is 6.42 Å². The Hall–Kier alpha value is -2.76. The molecule has 0 spiro atoms. The van der Waals surface area contributed by atoms with Crippen molar-refractivity contribution in [2.75, 3.05) is 24.5 Å². The monoisotopic (exact) mass is 411 g/mol. The number of hydrogen-bond donors (Lipinski definition) is 3. The van der Waals surface area contributed by atoms with Gasteiger partial charge < -0.3 is 15.5 Å². The zero-order valence-corrected chi connectivity index (χ0v) is 16.6. The summed E-state index contributed by atoms with van der Waals surface area (Å²) in [7, 11) is 0. The van der Waals surface area contributed by atoms with E-state index in [1.807, 2.05) is 11.1 Å². The maximum atomic E-state index is 13.6. The smallest absolute Gasteiger partial charge is 0.269 e. The van der Waals surface area contributed by atoms with E-state index in [4.69, 9.17) is 6.42 Å². The Balaban J connectivity index is 1.80. The number of allylic oxidation sites excluding steroid dienone is 1. The standard InChI is InChI=1S/C21H22FN5OS/c1-2-9-24-20(28)18-19(14-7-10-23-11-8-14)29-21(15-12-25-26-13-15)27(18)17-5-3-16(22)4-6-17/h1,3-6,12-14,21,23H,7-11H2,(H,24,28)(H,25,26). The van der Waals surface area contributed by atoms with E-state index in [2.05, 4.69) is 26.8 Å². The summed E-state index contributed by atoms with van der Waals surface area (Å²) in [4.78, 5) is 16.2. The molecule has 3 N–H and O–H groups in total. The summed E-state index contributed by atoms with van der Waals surface area (Å²) < 4.78 is 13.6. The number of amides is 1. The van der Waals surface area contributed by atoms with Crippen molar-refractivity contribution < 1.29 is 9.18 Å². The number of carbonyl (C=O) groups is 1. The molecule has 1 aromatic carbocycles. The van der Waals surface area contributed by atoms with Crippen molar-refractivity contribution in [3.8, 4) is 12.3 Å². The Morgan fingerprint density at radius 1 is 1.34 bits per heavy atom. The van der Waals surface area contributed by atoms with Crippen LogP contribution in [0.1, 0.15) is 23.8 Å². The van der Waals surface area contributed by atoms with E-state index in [1.54, 1.807) is 30.1 Å². The quantitative estimate of drug-likeness (QED) is 0.660. The SMILES string of the molecule is C#CCNC(=O)C1=C(C2CCNCC2)SC(c2cn[nH]c2)N1c1ccc(F)cc1. The Kier molecular flexibility index (Phi) is 5.88. The van der Waals surface area contributed by atoms with Crippen molar-refractivity contribution in [1.82, 2.24) is 20.8 Å². The number of anilines is 1. The van der Waals surface area contributed by atoms with Gasteiger partial charge in [0.2, 0.25) is 0 Å². The number of aromatic amines is 1. The van der Waals surface area contributed by atoms with Crippen molar-refractivity contribution in [1.29, 1.82) is 0 Å². The van der Waals surface area contributed by atoms with Gasteiger partial charge in [0.25, 0.3) is 5.91 Å². The number of carbonyl (C=O) groups excluding carboxylic acids is 1. The lowest BCUT2D eigenvalue weighted by Crippen LogP contribution is -2.35. The first kappa shape index (κ1) is 19.6. The molecule has 0 aliphatic carbocycles. The first-order chi connectivity index (χ1) is 14.2. The van der Waals surface area contributed by atoms with Crippen molar-refractivity contribution >= 4 is 23.4 Å². The lowest BCUT2D eigenvalue weighted by molar-refractivity contribution is -0.117. The summed E-state index contributed by atoms with van der Waals surface area (Å²) in [6.45, 7) is 1.99. The number of thioether (sulfide) groups is 1. The van der Waals surface area contributed by atoms with Crippen LogP contribution < -0.4 is 15.5 Å². The zero-order valence-electron chi connectivity index (χ0n) is 15.8. The summed E-state index contributed by atoms with van der Waals surface area (Å²) >= 11 is 1.66. The summed E-state index contributed by atoms with van der Waals surface area (Å²) in [5, 5.41) is 13.0. The molecule has 150 valence electrons. The summed E-state index contributed by atoms with van der Waals surface area (Å²) in [5.74, 6) is 2.22. The molecule has 1 saturated heterocycles. The summed E-state index contributed by atoms with van der Waals surface area (Å²) in [6, 6.07) is 6.21. The second kappa shape index (κ2) is 8.72. The molecule has 1 amide bonds. The number of benzene rings is 1. The first-order valence-electron chi connectivity index (χ1n) is 9.55. The largest absolute Gasteiger partial charge is 0.340 e. The zero-order chi connectivity index (χ0) is 20.2. The average molecular weight is 412 g/mol. The fourth-order valence-corrected chi connectivity index (χ4v) is 5.32. The average Bonchev–Trinajstić information content (AvgIpc) is 3.41. The van der Waals surface area contributed by atoms with E-state index in [0.717, 1.165) is 42.1 Å². The van der Waals surface area contributed by atoms with E-state index in [1.165, 1.54) is 12.1 Å². The van der Waals surface area contributed by atoms with Crippen LogP contribution in [0.3, 0.4) is 0 Å². The molecule has 1 atom stereocenters. The first-order valence-corrected chi connectivity index (χ1v) is 10.4. The second-order valence-electron chi connectivity index (χ2n) is 6.97. The van der Waals surface area contributed by atoms with E-state index in [0.29, 0.717) is 5.70 Å². The maximum Gasteiger partial charge on any atom is 0.269 e. The molecule has 1 fully saturated rings. The van der Waals surface area contributed by atoms with Crippen LogP contribution in [0.25, 0.3) is 0 Å². The van der Waals surface area contributed by atoms with Gasteiger partial charge in [-0.3, -0.25) is 9.89 Å². The van der Waals surface area contributed by atoms with Crippen LogP contribution in [0.2, 0.25) is 0 Å². The lowest BCUT2D eigenvalue weighted by Gasteiger charge is -2.28. The summed E-state index contributed by atoms with van der Waals surface area (Å²) in [5.41, 5.74) is 2.29. The molecule has 1 unspecified atom stereocenters. The number of rotatable bonds is 5. The fraction of sp³-hybridized carbons (Fsp3) is 0.333. The molecule has 6 nitrogen and oxygen atoms in total. The van der Waals surface area contributed by atoms with E-state index >= 15 is 0 Å². The predicted molar refractivity (Wildman–Crippen MR) is 112 cm³/mol. The van der Waals surface area contributed by atoms with Gasteiger partial charge in [0, 0.05) is 22.4 Å². The number of nitrogens with zero attached hydrogens (tertiary/aromatic N) is 2. The van der Waals surface area contributed by atoms with Gasteiger partial charge in [-0.05, 0) is 56.1 Å². The van der Waals surface area contributed by atoms with Gasteiger partial charge in [0.05, 0.1) is 12.7 Å². The molecule has 2 aromatic rings. The number of hydrogen-bond acceptors (Lipinski definition) is 5. The molecule has 4 rings (SSSR count). The van der Waals surface area contributed by atoms with Gasteiger partial charge in [0.1, 0.15) is 16.9 Å². The van der Waals surface area contributed by atoms with E-state index < -0.39 is 0 Å². The van der Waals surface area contributed by atoms with Gasteiger partial charge >= 0.3 is 0 Å². The van der Waals surface area contributed by atoms with Gasteiger partial charge in [0.15, 0.2) is 0 Å². The Morgan fingerprint density at radius 3 is 2.76 bits per heavy atom. The second-order valence-corrected chi connectivity index (χ2v) is 8.09. The normalized spacial score (nSPS) is 20.0. The van der Waals surface area contributed by atoms with Crippen LogP contribution in [-0.4, -0.2) is 35.7 Å². The molecule has 3 heterocycles. The number of halogens is 1. The highest BCUT2D eigenvalue weighted by atomic mass is 32.2. The molecule has 1 aromatic heterocycles. The van der Waals surface area contributed by atoms with E-state index in [-0.39, 0.29) is 29.6 Å². The molecule has 2 aliphatic rings. The molecule has 0 bridgehead atoms. The lowest BCUT2D eigenvalue weighted by atomic mass is 9.96. The third kappa shape index (κ3) is 4.02. The highest BCUT2D eigenvalue weighted by molar-refractivity contribution is 8.03. The van der Waals surface area contributed by atoms with Crippen molar-refractivity contribution in [2.24, 2.45) is 5.92 Å². The van der Waals surface area contributed by atoms with Gasteiger partial charge in [-0.2, -0.15) is 5.10 Å². The molecule has 0 radical (unpaired) electrons. The fourth-order valence-electron chi connectivity index (χ4n) is 3.75. The minimum atomic E-state index is -0.318. The van der Waals surface area contributed by atoms with Crippen LogP contribution >= 0.6 is 11.8 Å². The highest BCUT2D eigenvalue weighted by Gasteiger charge is 2.41. The minimum absolute atomic E-state index is 0.153. The van der Waals surface area contributed by atoms with Gasteiger partial charge in [-0.25, -0.2) is 4.39 Å². The third-order valence-electron chi connectivity index (χ3n) is 5.13. The van der Waals surface area contributed by atoms with Crippen molar-refractivity contribution in [3.63, 3.8) is 0 Å². The number of nitrogens with one attached hydrogen (secondary N) is 3. The predicted octanol–water partition coefficient (Wildman–Crippen LogP) is 2.76. The molecule has 29 heavy (non-hydrogen) atoms. The van der Waals surface area contributed by atoms with E-state index in [9.17, 15) is 9.18 Å². The Morgan fingerprint density at radius 2 is 2.10 bits per heavy atom. The number of aromatic nitrogens is 2. The van der Waals surface area contributed by atoms with Crippen LogP contribution in [0, 0.1) is 24.1 Å². The molecule has 2 aliphatic heterocycles. The number of piperidine rings is 1. The maximum absolute atomic E-state index is 13.6. The molecule has 8 heteroatoms. The Labute approximate surface area is 173 Å². The Bertz CT molecular complexity index is 929. The molecule has 0 saturated carbocycles.